The summed E-state index contributed by atoms with van der Waals surface area (Å²) < 4.78 is 7.33. The van der Waals surface area contributed by atoms with Gasteiger partial charge in [0.1, 0.15) is 0 Å². The number of para-hydroxylation sites is 1. The summed E-state index contributed by atoms with van der Waals surface area (Å²) in [5, 5.41) is 0. The Balaban J connectivity index is 2.72. The highest BCUT2D eigenvalue weighted by molar-refractivity contribution is 5.82. The van der Waals surface area contributed by atoms with Crippen molar-refractivity contribution in [2.45, 2.75) is 26.3 Å². The summed E-state index contributed by atoms with van der Waals surface area (Å²) >= 11 is 0. The van der Waals surface area contributed by atoms with Crippen molar-refractivity contribution in [1.29, 1.82) is 0 Å². The lowest BCUT2D eigenvalue weighted by Gasteiger charge is -2.28. The van der Waals surface area contributed by atoms with Crippen LogP contribution in [0.1, 0.15) is 19.4 Å². The first-order valence-corrected chi connectivity index (χ1v) is 5.70. The van der Waals surface area contributed by atoms with E-state index in [4.69, 9.17) is 10.5 Å². The summed E-state index contributed by atoms with van der Waals surface area (Å²) in [5.41, 5.74) is 9.03. The topological polar surface area (TPSA) is 53.1 Å². The molecule has 1 aromatic heterocycles. The van der Waals surface area contributed by atoms with Gasteiger partial charge in [-0.2, -0.15) is 0 Å². The Labute approximate surface area is 101 Å². The van der Waals surface area contributed by atoms with Crippen molar-refractivity contribution >= 4 is 17.0 Å². The van der Waals surface area contributed by atoms with Gasteiger partial charge < -0.3 is 15.0 Å². The van der Waals surface area contributed by atoms with Gasteiger partial charge in [-0.1, -0.05) is 12.1 Å². The smallest absolute Gasteiger partial charge is 0.201 e. The Kier molecular flexibility index (Phi) is 2.83. The molecule has 4 nitrogen and oxygen atoms in total. The minimum Gasteiger partial charge on any atom is -0.382 e. The number of nitrogen functional groups attached to an aromatic ring is 1. The summed E-state index contributed by atoms with van der Waals surface area (Å²) in [6.07, 6.45) is 0. The van der Waals surface area contributed by atoms with Gasteiger partial charge in [-0.15, -0.1) is 0 Å². The summed E-state index contributed by atoms with van der Waals surface area (Å²) in [5.74, 6) is 0.538. The van der Waals surface area contributed by atoms with Crippen LogP contribution in [0.2, 0.25) is 0 Å². The molecule has 0 saturated heterocycles. The summed E-state index contributed by atoms with van der Waals surface area (Å²) in [6, 6.07) is 6.05. The van der Waals surface area contributed by atoms with Gasteiger partial charge in [0.15, 0.2) is 0 Å². The van der Waals surface area contributed by atoms with Gasteiger partial charge in [0.05, 0.1) is 23.2 Å². The van der Waals surface area contributed by atoms with Crippen molar-refractivity contribution in [3.63, 3.8) is 0 Å². The number of aromatic nitrogens is 2. The molecule has 0 aliphatic carbocycles. The van der Waals surface area contributed by atoms with Crippen LogP contribution >= 0.6 is 0 Å². The minimum absolute atomic E-state index is 0.209. The second kappa shape index (κ2) is 4.04. The van der Waals surface area contributed by atoms with Crippen molar-refractivity contribution in [1.82, 2.24) is 9.55 Å². The molecule has 1 heterocycles. The molecule has 1 aromatic carbocycles. The number of rotatable bonds is 3. The normalized spacial score (nSPS) is 12.2. The molecule has 0 aliphatic rings. The first kappa shape index (κ1) is 11.9. The van der Waals surface area contributed by atoms with Crippen LogP contribution in [0, 0.1) is 6.92 Å². The van der Waals surface area contributed by atoms with Crippen LogP contribution in [0.25, 0.3) is 11.0 Å². The molecule has 2 N–H and O–H groups in total. The lowest BCUT2D eigenvalue weighted by Crippen LogP contribution is -2.32. The number of hydrogen-bond donors (Lipinski definition) is 1. The number of imidazole rings is 1. The number of methoxy groups -OCH3 is 1. The summed E-state index contributed by atoms with van der Waals surface area (Å²) in [6.45, 7) is 6.86. The zero-order valence-corrected chi connectivity index (χ0v) is 10.8. The fourth-order valence-electron chi connectivity index (χ4n) is 2.34. The highest BCUT2D eigenvalue weighted by atomic mass is 16.5. The third-order valence-corrected chi connectivity index (χ3v) is 3.01. The first-order valence-electron chi connectivity index (χ1n) is 5.70. The van der Waals surface area contributed by atoms with E-state index in [-0.39, 0.29) is 5.54 Å². The van der Waals surface area contributed by atoms with Gasteiger partial charge in [-0.3, -0.25) is 0 Å². The number of fused-ring (bicyclic) bond motifs is 1. The number of anilines is 1. The van der Waals surface area contributed by atoms with Crippen LogP contribution in [0.3, 0.4) is 0 Å². The Morgan fingerprint density at radius 3 is 2.76 bits per heavy atom. The fourth-order valence-corrected chi connectivity index (χ4v) is 2.34. The van der Waals surface area contributed by atoms with E-state index in [0.717, 1.165) is 11.0 Å². The molecule has 92 valence electrons. The van der Waals surface area contributed by atoms with Crippen molar-refractivity contribution in [3.05, 3.63) is 23.8 Å². The molecule has 0 spiro atoms. The molecule has 0 aliphatic heterocycles. The molecule has 0 radical (unpaired) electrons. The molecule has 2 rings (SSSR count). The predicted octanol–water partition coefficient (Wildman–Crippen LogP) is 2.31. The first-order chi connectivity index (χ1) is 7.97. The molecular weight excluding hydrogens is 214 g/mol. The van der Waals surface area contributed by atoms with Gasteiger partial charge in [0.2, 0.25) is 5.95 Å². The van der Waals surface area contributed by atoms with Crippen molar-refractivity contribution in [2.24, 2.45) is 0 Å². The van der Waals surface area contributed by atoms with E-state index in [0.29, 0.717) is 12.6 Å². The molecule has 0 bridgehead atoms. The monoisotopic (exact) mass is 233 g/mol. The summed E-state index contributed by atoms with van der Waals surface area (Å²) in [4.78, 5) is 4.41. The average molecular weight is 233 g/mol. The maximum absolute atomic E-state index is 6.03. The lowest BCUT2D eigenvalue weighted by atomic mass is 10.1. The van der Waals surface area contributed by atoms with E-state index in [1.54, 1.807) is 7.11 Å². The second-order valence-electron chi connectivity index (χ2n) is 4.99. The van der Waals surface area contributed by atoms with Gasteiger partial charge >= 0.3 is 0 Å². The molecule has 2 aromatic rings. The highest BCUT2D eigenvalue weighted by Crippen LogP contribution is 2.29. The van der Waals surface area contributed by atoms with E-state index >= 15 is 0 Å². The SMILES string of the molecule is COCC(C)(C)n1c(N)nc2cccc(C)c21. The molecule has 0 fully saturated rings. The number of benzene rings is 1. The van der Waals surface area contributed by atoms with E-state index in [9.17, 15) is 0 Å². The maximum atomic E-state index is 6.03. The number of hydrogen-bond acceptors (Lipinski definition) is 3. The van der Waals surface area contributed by atoms with Gasteiger partial charge in [-0.25, -0.2) is 4.98 Å². The molecular formula is C13H19N3O. The number of aryl methyl sites for hydroxylation is 1. The molecule has 0 amide bonds. The Morgan fingerprint density at radius 2 is 2.12 bits per heavy atom. The van der Waals surface area contributed by atoms with Crippen LogP contribution in [0.15, 0.2) is 18.2 Å². The fraction of sp³-hybridized carbons (Fsp3) is 0.462. The van der Waals surface area contributed by atoms with Crippen LogP contribution in [0.4, 0.5) is 5.95 Å². The zero-order chi connectivity index (χ0) is 12.6. The number of nitrogens with two attached hydrogens (primary N) is 1. The largest absolute Gasteiger partial charge is 0.382 e. The third kappa shape index (κ3) is 1.89. The van der Waals surface area contributed by atoms with Crippen molar-refractivity contribution in [3.8, 4) is 0 Å². The molecule has 4 heteroatoms. The molecule has 0 atom stereocenters. The van der Waals surface area contributed by atoms with Crippen LogP contribution in [-0.2, 0) is 10.3 Å². The molecule has 0 unspecified atom stereocenters. The Hall–Kier alpha value is -1.55. The van der Waals surface area contributed by atoms with Gasteiger partial charge in [0.25, 0.3) is 0 Å². The average Bonchev–Trinajstić information content (AvgIpc) is 2.56. The standard InChI is InChI=1S/C13H19N3O/c1-9-6-5-7-10-11(9)16(12(14)15-10)13(2,3)8-17-4/h5-7H,8H2,1-4H3,(H2,14,15). The second-order valence-corrected chi connectivity index (χ2v) is 4.99. The molecule has 17 heavy (non-hydrogen) atoms. The minimum atomic E-state index is -0.209. The zero-order valence-electron chi connectivity index (χ0n) is 10.8. The van der Waals surface area contributed by atoms with Gasteiger partial charge in [0, 0.05) is 7.11 Å². The van der Waals surface area contributed by atoms with Crippen molar-refractivity contribution in [2.75, 3.05) is 19.5 Å². The van der Waals surface area contributed by atoms with Crippen LogP contribution in [0.5, 0.6) is 0 Å². The predicted molar refractivity (Wildman–Crippen MR) is 70.1 cm³/mol. The van der Waals surface area contributed by atoms with Gasteiger partial charge in [-0.05, 0) is 32.4 Å². The van der Waals surface area contributed by atoms with E-state index in [1.165, 1.54) is 5.56 Å². The van der Waals surface area contributed by atoms with E-state index < -0.39 is 0 Å². The highest BCUT2D eigenvalue weighted by Gasteiger charge is 2.25. The van der Waals surface area contributed by atoms with E-state index in [1.807, 2.05) is 12.1 Å². The van der Waals surface area contributed by atoms with Crippen molar-refractivity contribution < 1.29 is 4.74 Å². The lowest BCUT2D eigenvalue weighted by molar-refractivity contribution is 0.113. The quantitative estimate of drug-likeness (QED) is 0.885. The summed E-state index contributed by atoms with van der Waals surface area (Å²) in [7, 11) is 1.70. The Bertz CT molecular complexity index is 543. The van der Waals surface area contributed by atoms with Crippen LogP contribution < -0.4 is 5.73 Å². The third-order valence-electron chi connectivity index (χ3n) is 3.01. The maximum Gasteiger partial charge on any atom is 0.201 e. The number of nitrogens with zero attached hydrogens (tertiary/aromatic N) is 2. The van der Waals surface area contributed by atoms with Crippen LogP contribution in [-0.4, -0.2) is 23.3 Å². The number of ether oxygens (including phenoxy) is 1. The van der Waals surface area contributed by atoms with E-state index in [2.05, 4.69) is 36.4 Å². The Morgan fingerprint density at radius 1 is 1.41 bits per heavy atom. The molecule has 0 saturated carbocycles.